The van der Waals surface area contributed by atoms with E-state index in [0.717, 1.165) is 25.7 Å². The van der Waals surface area contributed by atoms with E-state index in [1.807, 2.05) is 13.8 Å². The van der Waals surface area contributed by atoms with Crippen molar-refractivity contribution in [1.29, 1.82) is 0 Å². The second-order valence-corrected chi connectivity index (χ2v) is 5.57. The van der Waals surface area contributed by atoms with Gasteiger partial charge in [-0.25, -0.2) is 8.78 Å². The minimum Gasteiger partial charge on any atom is -0.367 e. The van der Waals surface area contributed by atoms with Crippen LogP contribution in [0.25, 0.3) is 0 Å². The Labute approximate surface area is 112 Å². The lowest BCUT2D eigenvalue weighted by Gasteiger charge is -2.25. The monoisotopic (exact) mass is 274 g/mol. The zero-order valence-electron chi connectivity index (χ0n) is 11.7. The molecule has 108 valence electrons. The predicted molar refractivity (Wildman–Crippen MR) is 70.5 cm³/mol. The first kappa shape index (κ1) is 15.8. The molecule has 0 aliphatic heterocycles. The number of unbranched alkanes of at least 4 members (excludes halogenated alkanes) is 2. The summed E-state index contributed by atoms with van der Waals surface area (Å²) < 4.78 is 39.0. The maximum atomic E-state index is 13.4. The van der Waals surface area contributed by atoms with Gasteiger partial charge in [-0.2, -0.15) is 9.37 Å². The van der Waals surface area contributed by atoms with Crippen LogP contribution in [0.3, 0.4) is 0 Å². The molecule has 2 nitrogen and oxygen atoms in total. The number of nitrogens with zero attached hydrogens (tertiary/aromatic N) is 1. The minimum absolute atomic E-state index is 0.0475. The summed E-state index contributed by atoms with van der Waals surface area (Å²) in [6, 6.07) is 0.509. The van der Waals surface area contributed by atoms with Gasteiger partial charge in [0.2, 0.25) is 0 Å². The van der Waals surface area contributed by atoms with E-state index in [0.29, 0.717) is 12.6 Å². The van der Waals surface area contributed by atoms with Gasteiger partial charge in [-0.3, -0.25) is 0 Å². The van der Waals surface area contributed by atoms with Crippen molar-refractivity contribution in [3.05, 3.63) is 23.6 Å². The maximum absolute atomic E-state index is 13.4. The summed E-state index contributed by atoms with van der Waals surface area (Å²) in [5.74, 6) is -3.66. The first-order chi connectivity index (χ1) is 8.85. The van der Waals surface area contributed by atoms with Crippen molar-refractivity contribution >= 4 is 5.82 Å². The highest BCUT2D eigenvalue weighted by Gasteiger charge is 2.19. The van der Waals surface area contributed by atoms with E-state index in [2.05, 4.69) is 17.2 Å². The average molecular weight is 274 g/mol. The van der Waals surface area contributed by atoms with Gasteiger partial charge in [-0.15, -0.1) is 0 Å². The number of rotatable bonds is 7. The minimum atomic E-state index is -1.28. The number of anilines is 1. The van der Waals surface area contributed by atoms with Crippen LogP contribution in [0, 0.1) is 23.0 Å². The molecule has 0 aliphatic rings. The summed E-state index contributed by atoms with van der Waals surface area (Å²) in [6.07, 6.45) is 4.38. The van der Waals surface area contributed by atoms with Crippen molar-refractivity contribution in [1.82, 2.24) is 4.98 Å². The normalized spacial score (nSPS) is 11.7. The molecule has 0 amide bonds. The van der Waals surface area contributed by atoms with Crippen LogP contribution in [0.5, 0.6) is 0 Å². The Kier molecular flexibility index (Phi) is 5.63. The van der Waals surface area contributed by atoms with Crippen molar-refractivity contribution in [3.63, 3.8) is 0 Å². The van der Waals surface area contributed by atoms with Crippen molar-refractivity contribution in [2.45, 2.75) is 46.5 Å². The van der Waals surface area contributed by atoms with Crippen molar-refractivity contribution < 1.29 is 13.2 Å². The Morgan fingerprint density at radius 3 is 2.47 bits per heavy atom. The molecular formula is C14H21F3N2. The molecule has 0 saturated heterocycles. The predicted octanol–water partition coefficient (Wildman–Crippen LogP) is 4.52. The molecular weight excluding hydrogens is 253 g/mol. The van der Waals surface area contributed by atoms with Gasteiger partial charge in [0.05, 0.1) is 0 Å². The SMILES string of the molecule is CCCCCC(C)(C)CNc1nc(F)c(F)cc1F. The van der Waals surface area contributed by atoms with Crippen LogP contribution in [0.1, 0.15) is 46.5 Å². The highest BCUT2D eigenvalue weighted by atomic mass is 19.2. The van der Waals surface area contributed by atoms with Gasteiger partial charge in [-0.1, -0.05) is 40.0 Å². The van der Waals surface area contributed by atoms with E-state index in [1.165, 1.54) is 0 Å². The Morgan fingerprint density at radius 1 is 1.16 bits per heavy atom. The van der Waals surface area contributed by atoms with Gasteiger partial charge < -0.3 is 5.32 Å². The van der Waals surface area contributed by atoms with Crippen LogP contribution < -0.4 is 5.32 Å². The zero-order valence-corrected chi connectivity index (χ0v) is 11.7. The van der Waals surface area contributed by atoms with Gasteiger partial charge in [0, 0.05) is 12.6 Å². The quantitative estimate of drug-likeness (QED) is 0.584. The molecule has 1 aromatic heterocycles. The molecule has 1 rings (SSSR count). The van der Waals surface area contributed by atoms with Crippen LogP contribution in [-0.2, 0) is 0 Å². The number of hydrogen-bond acceptors (Lipinski definition) is 2. The molecule has 0 fully saturated rings. The molecule has 0 bridgehead atoms. The third-order valence-electron chi connectivity index (χ3n) is 3.08. The number of nitrogens with one attached hydrogen (secondary N) is 1. The molecule has 0 unspecified atom stereocenters. The molecule has 1 heterocycles. The summed E-state index contributed by atoms with van der Waals surface area (Å²) in [5.41, 5.74) is -0.0475. The van der Waals surface area contributed by atoms with Gasteiger partial charge in [0.1, 0.15) is 0 Å². The van der Waals surface area contributed by atoms with Crippen LogP contribution in [-0.4, -0.2) is 11.5 Å². The molecule has 0 aromatic carbocycles. The lowest BCUT2D eigenvalue weighted by molar-refractivity contribution is 0.341. The summed E-state index contributed by atoms with van der Waals surface area (Å²) in [4.78, 5) is 3.24. The van der Waals surface area contributed by atoms with Crippen molar-refractivity contribution in [3.8, 4) is 0 Å². The smallest absolute Gasteiger partial charge is 0.251 e. The standard InChI is InChI=1S/C14H21F3N2/c1-4-5-6-7-14(2,3)9-18-13-11(16)8-10(15)12(17)19-13/h8H,4-7,9H2,1-3H3,(H,18,19). The zero-order chi connectivity index (χ0) is 14.5. The van der Waals surface area contributed by atoms with E-state index in [9.17, 15) is 13.2 Å². The molecule has 0 atom stereocenters. The highest BCUT2D eigenvalue weighted by Crippen LogP contribution is 2.25. The Balaban J connectivity index is 2.58. The Hall–Kier alpha value is -1.26. The van der Waals surface area contributed by atoms with Gasteiger partial charge in [0.15, 0.2) is 17.5 Å². The summed E-state index contributed by atoms with van der Waals surface area (Å²) in [5, 5.41) is 2.76. The van der Waals surface area contributed by atoms with Crippen molar-refractivity contribution in [2.75, 3.05) is 11.9 Å². The van der Waals surface area contributed by atoms with Gasteiger partial charge in [-0.05, 0) is 11.8 Å². The molecule has 0 radical (unpaired) electrons. The lowest BCUT2D eigenvalue weighted by Crippen LogP contribution is -2.24. The molecule has 1 N–H and O–H groups in total. The Bertz CT molecular complexity index is 419. The number of pyridine rings is 1. The fourth-order valence-corrected chi connectivity index (χ4v) is 1.83. The van der Waals surface area contributed by atoms with E-state index in [-0.39, 0.29) is 11.2 Å². The maximum Gasteiger partial charge on any atom is 0.251 e. The summed E-state index contributed by atoms with van der Waals surface area (Å²) in [7, 11) is 0. The number of hydrogen-bond donors (Lipinski definition) is 1. The fraction of sp³-hybridized carbons (Fsp3) is 0.643. The third kappa shape index (κ3) is 5.09. The molecule has 0 saturated carbocycles. The summed E-state index contributed by atoms with van der Waals surface area (Å²) in [6.45, 7) is 6.69. The summed E-state index contributed by atoms with van der Waals surface area (Å²) >= 11 is 0. The lowest BCUT2D eigenvalue weighted by atomic mass is 9.87. The fourth-order valence-electron chi connectivity index (χ4n) is 1.83. The van der Waals surface area contributed by atoms with Crippen LogP contribution in [0.4, 0.5) is 19.0 Å². The van der Waals surface area contributed by atoms with Gasteiger partial charge >= 0.3 is 0 Å². The molecule has 19 heavy (non-hydrogen) atoms. The molecule has 0 spiro atoms. The number of aromatic nitrogens is 1. The second kappa shape index (κ2) is 6.78. The molecule has 0 aliphatic carbocycles. The molecule has 1 aromatic rings. The molecule has 5 heteroatoms. The van der Waals surface area contributed by atoms with E-state index >= 15 is 0 Å². The van der Waals surface area contributed by atoms with Crippen LogP contribution in [0.2, 0.25) is 0 Å². The highest BCUT2D eigenvalue weighted by molar-refractivity contribution is 5.36. The first-order valence-electron chi connectivity index (χ1n) is 6.61. The van der Waals surface area contributed by atoms with Crippen molar-refractivity contribution in [2.24, 2.45) is 5.41 Å². The largest absolute Gasteiger partial charge is 0.367 e. The third-order valence-corrected chi connectivity index (χ3v) is 3.08. The van der Waals surface area contributed by atoms with Crippen LogP contribution in [0.15, 0.2) is 6.07 Å². The van der Waals surface area contributed by atoms with Crippen LogP contribution >= 0.6 is 0 Å². The van der Waals surface area contributed by atoms with Gasteiger partial charge in [0.25, 0.3) is 5.95 Å². The first-order valence-corrected chi connectivity index (χ1v) is 6.61. The topological polar surface area (TPSA) is 24.9 Å². The Morgan fingerprint density at radius 2 is 1.84 bits per heavy atom. The van der Waals surface area contributed by atoms with E-state index < -0.39 is 17.6 Å². The number of halogens is 3. The van der Waals surface area contributed by atoms with E-state index in [4.69, 9.17) is 0 Å². The van der Waals surface area contributed by atoms with E-state index in [1.54, 1.807) is 0 Å². The second-order valence-electron chi connectivity index (χ2n) is 5.57. The average Bonchev–Trinajstić information content (AvgIpc) is 2.32.